The molecule has 0 N–H and O–H groups in total. The van der Waals surface area contributed by atoms with Crippen molar-refractivity contribution < 1.29 is 0 Å². The molecular weight excluding hydrogens is 777 g/mol. The summed E-state index contributed by atoms with van der Waals surface area (Å²) in [5, 5.41) is 10.4. The van der Waals surface area contributed by atoms with Gasteiger partial charge in [-0.3, -0.25) is 0 Å². The van der Waals surface area contributed by atoms with Crippen LogP contribution >= 0.6 is 0 Å². The maximum atomic E-state index is 2.56. The Bertz CT molecular complexity index is 3500. The molecule has 12 rings (SSSR count). The van der Waals surface area contributed by atoms with Gasteiger partial charge in [-0.15, -0.1) is 0 Å². The highest BCUT2D eigenvalue weighted by Gasteiger charge is 2.41. The second-order valence-corrected chi connectivity index (χ2v) is 20.2. The van der Waals surface area contributed by atoms with Gasteiger partial charge in [-0.25, -0.2) is 0 Å². The van der Waals surface area contributed by atoms with Gasteiger partial charge in [0.25, 0.3) is 0 Å². The molecule has 0 saturated heterocycles. The Balaban J connectivity index is 1.21. The van der Waals surface area contributed by atoms with Crippen LogP contribution in [-0.4, -0.2) is 17.2 Å². The van der Waals surface area contributed by atoms with Crippen LogP contribution in [0.5, 0.6) is 0 Å². The van der Waals surface area contributed by atoms with Crippen LogP contribution in [0.1, 0.15) is 0 Å². The number of para-hydroxylation sites is 3. The van der Waals surface area contributed by atoms with E-state index < -0.39 is 8.07 Å². The topological polar surface area (TPSA) is 9.86 Å². The van der Waals surface area contributed by atoms with Crippen molar-refractivity contribution in [2.75, 3.05) is 0 Å². The van der Waals surface area contributed by atoms with Crippen molar-refractivity contribution in [1.29, 1.82) is 0 Å². The maximum absolute atomic E-state index is 2.82. The fourth-order valence-corrected chi connectivity index (χ4v) is 15.1. The van der Waals surface area contributed by atoms with Crippen LogP contribution in [0.15, 0.2) is 255 Å². The minimum absolute atomic E-state index is 1.13. The predicted molar refractivity (Wildman–Crippen MR) is 270 cm³/mol. The maximum Gasteiger partial charge on any atom is 0.179 e. The lowest BCUT2D eigenvalue weighted by atomic mass is 10.0. The quantitative estimate of drug-likeness (QED) is 0.107. The summed E-state index contributed by atoms with van der Waals surface area (Å²) in [7, 11) is -2.82. The van der Waals surface area contributed by atoms with Crippen molar-refractivity contribution >= 4 is 72.4 Å². The van der Waals surface area contributed by atoms with E-state index in [1.165, 1.54) is 86.6 Å². The van der Waals surface area contributed by atoms with Crippen LogP contribution in [0.25, 0.3) is 77.2 Å². The molecule has 0 aliphatic rings. The van der Waals surface area contributed by atoms with Gasteiger partial charge in [0.05, 0.1) is 27.8 Å². The van der Waals surface area contributed by atoms with E-state index in [4.69, 9.17) is 0 Å². The largest absolute Gasteiger partial charge is 0.307 e. The Labute approximate surface area is 368 Å². The van der Waals surface area contributed by atoms with E-state index in [1.807, 2.05) is 0 Å². The van der Waals surface area contributed by atoms with Crippen molar-refractivity contribution in [3.8, 4) is 33.6 Å². The van der Waals surface area contributed by atoms with E-state index >= 15 is 0 Å². The van der Waals surface area contributed by atoms with Gasteiger partial charge in [-0.1, -0.05) is 224 Å². The molecule has 12 aromatic rings. The van der Waals surface area contributed by atoms with Crippen LogP contribution in [0, 0.1) is 0 Å². The SMILES string of the molecule is c1ccc(-c2cccc(-n3c4ccccc4c4cccc(-n5c6ccc([Si](c7ccccc7)(c7ccccc7)c7ccccc7)cc6c6cccc(-c7ccccc7)c65)c43)c2)cc1. The zero-order valence-electron chi connectivity index (χ0n) is 34.6. The summed E-state index contributed by atoms with van der Waals surface area (Å²) in [5.41, 5.74) is 11.8. The van der Waals surface area contributed by atoms with Crippen molar-refractivity contribution in [3.63, 3.8) is 0 Å². The zero-order chi connectivity index (χ0) is 41.7. The average Bonchev–Trinajstić information content (AvgIpc) is 3.89. The van der Waals surface area contributed by atoms with Gasteiger partial charge in [-0.2, -0.15) is 0 Å². The molecule has 3 heteroatoms. The Morgan fingerprint density at radius 3 is 1.41 bits per heavy atom. The van der Waals surface area contributed by atoms with Gasteiger partial charge in [0.2, 0.25) is 0 Å². The minimum atomic E-state index is -2.82. The first kappa shape index (κ1) is 36.8. The third-order valence-electron chi connectivity index (χ3n) is 13.1. The number of nitrogens with zero attached hydrogens (tertiary/aromatic N) is 2. The van der Waals surface area contributed by atoms with E-state index in [-0.39, 0.29) is 0 Å². The summed E-state index contributed by atoms with van der Waals surface area (Å²) in [5.74, 6) is 0. The van der Waals surface area contributed by atoms with Gasteiger partial charge >= 0.3 is 0 Å². The molecule has 296 valence electrons. The average molecular weight is 819 g/mol. The van der Waals surface area contributed by atoms with Crippen molar-refractivity contribution in [2.24, 2.45) is 0 Å². The number of hydrogen-bond donors (Lipinski definition) is 0. The fraction of sp³-hybridized carbons (Fsp3) is 0. The second-order valence-electron chi connectivity index (χ2n) is 16.4. The molecule has 0 aliphatic heterocycles. The number of aromatic nitrogens is 2. The highest BCUT2D eigenvalue weighted by atomic mass is 28.3. The predicted octanol–water partition coefficient (Wildman–Crippen LogP) is 12.6. The van der Waals surface area contributed by atoms with Crippen LogP contribution in [0.3, 0.4) is 0 Å². The molecular formula is C60H42N2Si. The Morgan fingerprint density at radius 2 is 0.762 bits per heavy atom. The molecule has 0 fully saturated rings. The Kier molecular flexibility index (Phi) is 8.87. The lowest BCUT2D eigenvalue weighted by Gasteiger charge is -2.34. The molecule has 0 aliphatic carbocycles. The highest BCUT2D eigenvalue weighted by Crippen LogP contribution is 2.42. The number of hydrogen-bond acceptors (Lipinski definition) is 0. The van der Waals surface area contributed by atoms with E-state index in [0.29, 0.717) is 0 Å². The van der Waals surface area contributed by atoms with Crippen molar-refractivity contribution in [3.05, 3.63) is 255 Å². The summed E-state index contributed by atoms with van der Waals surface area (Å²) < 4.78 is 5.05. The van der Waals surface area contributed by atoms with Gasteiger partial charge in [0.1, 0.15) is 0 Å². The van der Waals surface area contributed by atoms with E-state index in [1.54, 1.807) is 0 Å². The van der Waals surface area contributed by atoms with Crippen LogP contribution in [0.4, 0.5) is 0 Å². The van der Waals surface area contributed by atoms with Gasteiger partial charge in [0.15, 0.2) is 8.07 Å². The third-order valence-corrected chi connectivity index (χ3v) is 17.8. The smallest absolute Gasteiger partial charge is 0.179 e. The second kappa shape index (κ2) is 15.2. The number of fused-ring (bicyclic) bond motifs is 6. The van der Waals surface area contributed by atoms with Gasteiger partial charge in [0, 0.05) is 32.8 Å². The standard InChI is InChI=1S/C60H42N2Si/c1-6-21-43(22-7-1)45-25-18-26-46(41-45)61-56-37-17-16-33-52(56)53-36-20-38-58(60(53)61)62-57-40-39-50(42-55(57)54-35-19-34-51(59(54)62)44-23-8-2-9-24-44)63(47-27-10-3-11-28-47,48-29-12-4-13-30-48)49-31-14-5-15-32-49/h1-42H. The molecule has 63 heavy (non-hydrogen) atoms. The molecule has 2 nitrogen and oxygen atoms in total. The third kappa shape index (κ3) is 5.85. The molecule has 2 heterocycles. The van der Waals surface area contributed by atoms with Gasteiger partial charge in [-0.05, 0) is 67.8 Å². The van der Waals surface area contributed by atoms with Crippen LogP contribution < -0.4 is 20.7 Å². The molecule has 0 bridgehead atoms. The molecule has 0 atom stereocenters. The molecule has 10 aromatic carbocycles. The lowest BCUT2D eigenvalue weighted by molar-refractivity contribution is 1.13. The van der Waals surface area contributed by atoms with E-state index in [9.17, 15) is 0 Å². The molecule has 0 amide bonds. The van der Waals surface area contributed by atoms with Crippen LogP contribution in [-0.2, 0) is 0 Å². The summed E-state index contributed by atoms with van der Waals surface area (Å²) in [6.07, 6.45) is 0. The monoisotopic (exact) mass is 818 g/mol. The molecule has 0 unspecified atom stereocenters. The molecule has 0 saturated carbocycles. The van der Waals surface area contributed by atoms with Crippen molar-refractivity contribution in [1.82, 2.24) is 9.13 Å². The first-order valence-electron chi connectivity index (χ1n) is 21.8. The minimum Gasteiger partial charge on any atom is -0.307 e. The lowest BCUT2D eigenvalue weighted by Crippen LogP contribution is -2.74. The van der Waals surface area contributed by atoms with Crippen LogP contribution in [0.2, 0.25) is 0 Å². The number of rotatable bonds is 8. The normalized spacial score (nSPS) is 11.8. The highest BCUT2D eigenvalue weighted by molar-refractivity contribution is 7.20. The summed E-state index contributed by atoms with van der Waals surface area (Å²) in [6, 6.07) is 94.3. The zero-order valence-corrected chi connectivity index (χ0v) is 35.6. The molecule has 0 spiro atoms. The Morgan fingerprint density at radius 1 is 0.270 bits per heavy atom. The molecule has 2 aromatic heterocycles. The van der Waals surface area contributed by atoms with Gasteiger partial charge < -0.3 is 9.13 Å². The summed E-state index contributed by atoms with van der Waals surface area (Å²) in [4.78, 5) is 0. The molecule has 0 radical (unpaired) electrons. The number of benzene rings is 10. The Hall–Kier alpha value is -7.98. The summed E-state index contributed by atoms with van der Waals surface area (Å²) in [6.45, 7) is 0. The van der Waals surface area contributed by atoms with Crippen molar-refractivity contribution in [2.45, 2.75) is 0 Å². The first-order chi connectivity index (χ1) is 31.3. The van der Waals surface area contributed by atoms with E-state index in [2.05, 4.69) is 264 Å². The van der Waals surface area contributed by atoms with E-state index in [0.717, 1.165) is 11.4 Å². The first-order valence-corrected chi connectivity index (χ1v) is 23.8. The fourth-order valence-electron chi connectivity index (χ4n) is 10.4. The summed E-state index contributed by atoms with van der Waals surface area (Å²) >= 11 is 0.